The van der Waals surface area contributed by atoms with E-state index in [1.165, 1.54) is 0 Å². The van der Waals surface area contributed by atoms with Crippen molar-refractivity contribution in [3.8, 4) is 0 Å². The molecule has 0 saturated carbocycles. The van der Waals surface area contributed by atoms with E-state index in [1.807, 2.05) is 0 Å². The first-order chi connectivity index (χ1) is 5.17. The SMILES string of the molecule is CNCCC1COCC1(F)F. The molecular formula is C7H13F2NO. The van der Waals surface area contributed by atoms with Crippen LogP contribution in [-0.4, -0.2) is 32.7 Å². The van der Waals surface area contributed by atoms with Gasteiger partial charge in [0.25, 0.3) is 5.92 Å². The molecule has 0 aromatic heterocycles. The van der Waals surface area contributed by atoms with E-state index in [9.17, 15) is 8.78 Å². The van der Waals surface area contributed by atoms with Crippen LogP contribution in [0.25, 0.3) is 0 Å². The fourth-order valence-electron chi connectivity index (χ4n) is 1.19. The van der Waals surface area contributed by atoms with Crippen LogP contribution in [0.3, 0.4) is 0 Å². The van der Waals surface area contributed by atoms with Gasteiger partial charge >= 0.3 is 0 Å². The third-order valence-electron chi connectivity index (χ3n) is 1.95. The number of hydrogen-bond acceptors (Lipinski definition) is 2. The van der Waals surface area contributed by atoms with E-state index in [1.54, 1.807) is 7.05 Å². The van der Waals surface area contributed by atoms with Crippen LogP contribution in [0.4, 0.5) is 8.78 Å². The first kappa shape index (κ1) is 8.87. The summed E-state index contributed by atoms with van der Waals surface area (Å²) >= 11 is 0. The molecule has 4 heteroatoms. The standard InChI is InChI=1S/C7H13F2NO/c1-10-3-2-6-4-11-5-7(6,8)9/h6,10H,2-5H2,1H3. The Labute approximate surface area is 64.9 Å². The minimum absolute atomic E-state index is 0.203. The van der Waals surface area contributed by atoms with Crippen molar-refractivity contribution in [2.24, 2.45) is 5.92 Å². The first-order valence-electron chi connectivity index (χ1n) is 3.77. The largest absolute Gasteiger partial charge is 0.375 e. The predicted octanol–water partition coefficient (Wildman–Crippen LogP) is 0.878. The average Bonchev–Trinajstić information content (AvgIpc) is 2.25. The molecule has 1 atom stereocenters. The van der Waals surface area contributed by atoms with Gasteiger partial charge in [0, 0.05) is 5.92 Å². The van der Waals surface area contributed by atoms with Gasteiger partial charge in [-0.1, -0.05) is 0 Å². The van der Waals surface area contributed by atoms with Crippen LogP contribution in [-0.2, 0) is 4.74 Å². The molecule has 2 nitrogen and oxygen atoms in total. The fourth-order valence-corrected chi connectivity index (χ4v) is 1.19. The molecule has 1 unspecified atom stereocenters. The summed E-state index contributed by atoms with van der Waals surface area (Å²) in [4.78, 5) is 0. The second-order valence-electron chi connectivity index (χ2n) is 2.87. The Kier molecular flexibility index (Phi) is 2.78. The number of ether oxygens (including phenoxy) is 1. The molecule has 1 heterocycles. The fraction of sp³-hybridized carbons (Fsp3) is 1.00. The molecule has 66 valence electrons. The van der Waals surface area contributed by atoms with E-state index in [0.717, 1.165) is 0 Å². The van der Waals surface area contributed by atoms with E-state index in [4.69, 9.17) is 4.74 Å². The van der Waals surface area contributed by atoms with E-state index >= 15 is 0 Å². The highest BCUT2D eigenvalue weighted by molar-refractivity contribution is 4.82. The summed E-state index contributed by atoms with van der Waals surface area (Å²) in [5.41, 5.74) is 0. The summed E-state index contributed by atoms with van der Waals surface area (Å²) in [6.07, 6.45) is 0.490. The highest BCUT2D eigenvalue weighted by atomic mass is 19.3. The van der Waals surface area contributed by atoms with Crippen LogP contribution in [0.5, 0.6) is 0 Å². The molecule has 11 heavy (non-hydrogen) atoms. The van der Waals surface area contributed by atoms with Gasteiger partial charge in [-0.2, -0.15) is 0 Å². The number of alkyl halides is 2. The van der Waals surface area contributed by atoms with Gasteiger partial charge in [-0.25, -0.2) is 8.78 Å². The number of rotatable bonds is 3. The molecule has 1 N–H and O–H groups in total. The summed E-state index contributed by atoms with van der Waals surface area (Å²) in [5.74, 6) is -3.19. The van der Waals surface area contributed by atoms with Crippen molar-refractivity contribution in [1.82, 2.24) is 5.32 Å². The van der Waals surface area contributed by atoms with Crippen LogP contribution < -0.4 is 5.32 Å². The summed E-state index contributed by atoms with van der Waals surface area (Å²) < 4.78 is 30.3. The molecule has 0 aromatic carbocycles. The maximum absolute atomic E-state index is 12.8. The Morgan fingerprint density at radius 1 is 1.64 bits per heavy atom. The van der Waals surface area contributed by atoms with Crippen molar-refractivity contribution < 1.29 is 13.5 Å². The van der Waals surface area contributed by atoms with Gasteiger partial charge in [-0.05, 0) is 20.0 Å². The Hall–Kier alpha value is -0.220. The highest BCUT2D eigenvalue weighted by Crippen LogP contribution is 2.32. The second-order valence-corrected chi connectivity index (χ2v) is 2.87. The zero-order chi connectivity index (χ0) is 8.32. The molecule has 1 rings (SSSR count). The Bertz CT molecular complexity index is 130. The van der Waals surface area contributed by atoms with Gasteiger partial charge in [0.15, 0.2) is 0 Å². The third-order valence-corrected chi connectivity index (χ3v) is 1.95. The average molecular weight is 165 g/mol. The lowest BCUT2D eigenvalue weighted by molar-refractivity contribution is -0.0382. The zero-order valence-corrected chi connectivity index (χ0v) is 6.57. The Morgan fingerprint density at radius 2 is 2.36 bits per heavy atom. The lowest BCUT2D eigenvalue weighted by atomic mass is 10.0. The van der Waals surface area contributed by atoms with Crippen molar-refractivity contribution in [2.75, 3.05) is 26.8 Å². The van der Waals surface area contributed by atoms with E-state index in [2.05, 4.69) is 5.32 Å². The van der Waals surface area contributed by atoms with E-state index in [-0.39, 0.29) is 6.61 Å². The summed E-state index contributed by atoms with van der Waals surface area (Å²) in [6.45, 7) is 0.430. The maximum Gasteiger partial charge on any atom is 0.275 e. The van der Waals surface area contributed by atoms with Crippen LogP contribution >= 0.6 is 0 Å². The van der Waals surface area contributed by atoms with Crippen LogP contribution in [0.15, 0.2) is 0 Å². The van der Waals surface area contributed by atoms with Gasteiger partial charge in [-0.3, -0.25) is 0 Å². The predicted molar refractivity (Wildman–Crippen MR) is 37.8 cm³/mol. The number of nitrogens with one attached hydrogen (secondary N) is 1. The molecule has 1 aliphatic heterocycles. The molecule has 0 aromatic rings. The quantitative estimate of drug-likeness (QED) is 0.670. The van der Waals surface area contributed by atoms with Crippen molar-refractivity contribution in [3.63, 3.8) is 0 Å². The van der Waals surface area contributed by atoms with Crippen molar-refractivity contribution in [3.05, 3.63) is 0 Å². The van der Waals surface area contributed by atoms with Crippen molar-refractivity contribution >= 4 is 0 Å². The number of halogens is 2. The summed E-state index contributed by atoms with van der Waals surface area (Å²) in [6, 6.07) is 0. The second kappa shape index (κ2) is 3.45. The Balaban J connectivity index is 2.32. The molecule has 0 radical (unpaired) electrons. The third kappa shape index (κ3) is 2.10. The smallest absolute Gasteiger partial charge is 0.275 e. The van der Waals surface area contributed by atoms with E-state index in [0.29, 0.717) is 13.0 Å². The van der Waals surface area contributed by atoms with Crippen LogP contribution in [0.2, 0.25) is 0 Å². The van der Waals surface area contributed by atoms with Gasteiger partial charge < -0.3 is 10.1 Å². The molecule has 0 aliphatic carbocycles. The normalized spacial score (nSPS) is 29.2. The molecule has 1 saturated heterocycles. The number of hydrogen-bond donors (Lipinski definition) is 1. The lowest BCUT2D eigenvalue weighted by Crippen LogP contribution is -2.28. The van der Waals surface area contributed by atoms with Gasteiger partial charge in [-0.15, -0.1) is 0 Å². The van der Waals surface area contributed by atoms with E-state index < -0.39 is 18.4 Å². The topological polar surface area (TPSA) is 21.3 Å². The Morgan fingerprint density at radius 3 is 2.82 bits per heavy atom. The minimum Gasteiger partial charge on any atom is -0.375 e. The molecule has 0 amide bonds. The molecule has 1 fully saturated rings. The molecule has 1 aliphatic rings. The minimum atomic E-state index is -2.60. The summed E-state index contributed by atoms with van der Waals surface area (Å²) in [7, 11) is 1.76. The van der Waals surface area contributed by atoms with Crippen molar-refractivity contribution in [1.29, 1.82) is 0 Å². The lowest BCUT2D eigenvalue weighted by Gasteiger charge is -2.15. The monoisotopic (exact) mass is 165 g/mol. The van der Waals surface area contributed by atoms with Gasteiger partial charge in [0.2, 0.25) is 0 Å². The molecule has 0 bridgehead atoms. The zero-order valence-electron chi connectivity index (χ0n) is 6.57. The van der Waals surface area contributed by atoms with Crippen LogP contribution in [0.1, 0.15) is 6.42 Å². The highest BCUT2D eigenvalue weighted by Gasteiger charge is 2.44. The molecular weight excluding hydrogens is 152 g/mol. The first-order valence-corrected chi connectivity index (χ1v) is 3.77. The van der Waals surface area contributed by atoms with Gasteiger partial charge in [0.05, 0.1) is 6.61 Å². The van der Waals surface area contributed by atoms with Crippen molar-refractivity contribution in [2.45, 2.75) is 12.3 Å². The molecule has 0 spiro atoms. The van der Waals surface area contributed by atoms with Crippen LogP contribution in [0, 0.1) is 5.92 Å². The van der Waals surface area contributed by atoms with Gasteiger partial charge in [0.1, 0.15) is 6.61 Å². The maximum atomic E-state index is 12.8. The summed E-state index contributed by atoms with van der Waals surface area (Å²) in [5, 5.41) is 2.84.